The Hall–Kier alpha value is -6.53. The second kappa shape index (κ2) is 10.8. The largest absolute Gasteiger partial charge is 0.507 e. The Kier molecular flexibility index (Phi) is 6.18. The van der Waals surface area contributed by atoms with Gasteiger partial charge in [-0.05, 0) is 40.8 Å². The van der Waals surface area contributed by atoms with Gasteiger partial charge in [0.15, 0.2) is 5.58 Å². The van der Waals surface area contributed by atoms with Crippen LogP contribution in [0.5, 0.6) is 5.75 Å². The Labute approximate surface area is 269 Å². The van der Waals surface area contributed by atoms with E-state index in [0.717, 1.165) is 50.1 Å². The molecule has 0 aliphatic heterocycles. The lowest BCUT2D eigenvalue weighted by atomic mass is 9.95. The van der Waals surface area contributed by atoms with Crippen molar-refractivity contribution in [2.24, 2.45) is 0 Å². The lowest BCUT2D eigenvalue weighted by Gasteiger charge is -2.19. The number of rotatable bonds is 5. The Morgan fingerprint density at radius 1 is 0.553 bits per heavy atom. The highest BCUT2D eigenvalue weighted by atomic mass is 16.3. The highest BCUT2D eigenvalue weighted by Gasteiger charge is 2.23. The van der Waals surface area contributed by atoms with E-state index in [2.05, 4.69) is 94.6 Å². The molecule has 0 aliphatic carbocycles. The van der Waals surface area contributed by atoms with Gasteiger partial charge in [0.05, 0.1) is 16.8 Å². The molecule has 6 nitrogen and oxygen atoms in total. The molecule has 0 saturated carbocycles. The molecular formula is C41H26N4O2. The second-order valence-corrected chi connectivity index (χ2v) is 11.5. The average molecular weight is 607 g/mol. The molecule has 47 heavy (non-hydrogen) atoms. The molecule has 0 saturated heterocycles. The topological polar surface area (TPSA) is 77.0 Å². The van der Waals surface area contributed by atoms with Crippen LogP contribution in [0.25, 0.3) is 83.6 Å². The van der Waals surface area contributed by atoms with Crippen LogP contribution in [0, 0.1) is 0 Å². The van der Waals surface area contributed by atoms with E-state index in [9.17, 15) is 5.11 Å². The monoisotopic (exact) mass is 606 g/mol. The number of imidazole rings is 1. The maximum atomic E-state index is 10.7. The number of hydrogen-bond acceptors (Lipinski definition) is 5. The summed E-state index contributed by atoms with van der Waals surface area (Å²) in [7, 11) is 0. The molecule has 0 atom stereocenters. The lowest BCUT2D eigenvalue weighted by molar-refractivity contribution is 0.481. The molecule has 222 valence electrons. The first-order valence-corrected chi connectivity index (χ1v) is 15.4. The van der Waals surface area contributed by atoms with Crippen LogP contribution < -0.4 is 0 Å². The molecule has 1 N–H and O–H groups in total. The van der Waals surface area contributed by atoms with Crippen molar-refractivity contribution in [2.75, 3.05) is 0 Å². The third-order valence-corrected chi connectivity index (χ3v) is 8.64. The molecule has 0 spiro atoms. The lowest BCUT2D eigenvalue weighted by Crippen LogP contribution is -2.02. The number of para-hydroxylation sites is 1. The van der Waals surface area contributed by atoms with Crippen molar-refractivity contribution in [3.63, 3.8) is 0 Å². The van der Waals surface area contributed by atoms with Gasteiger partial charge in [0.2, 0.25) is 0 Å². The fourth-order valence-corrected chi connectivity index (χ4v) is 6.47. The van der Waals surface area contributed by atoms with Crippen molar-refractivity contribution in [1.82, 2.24) is 19.5 Å². The van der Waals surface area contributed by atoms with Gasteiger partial charge in [-0.2, -0.15) is 0 Å². The van der Waals surface area contributed by atoms with Crippen LogP contribution in [0.2, 0.25) is 0 Å². The van der Waals surface area contributed by atoms with E-state index in [-0.39, 0.29) is 5.75 Å². The van der Waals surface area contributed by atoms with Gasteiger partial charge in [-0.15, -0.1) is 0 Å². The number of furan rings is 1. The molecule has 0 aliphatic rings. The van der Waals surface area contributed by atoms with Crippen molar-refractivity contribution in [3.8, 4) is 56.5 Å². The quantitative estimate of drug-likeness (QED) is 0.211. The van der Waals surface area contributed by atoms with Crippen LogP contribution >= 0.6 is 0 Å². The molecule has 4 aromatic heterocycles. The van der Waals surface area contributed by atoms with Gasteiger partial charge >= 0.3 is 0 Å². The third kappa shape index (κ3) is 4.46. The Morgan fingerprint density at radius 3 is 2.02 bits per heavy atom. The summed E-state index contributed by atoms with van der Waals surface area (Å²) < 4.78 is 8.19. The molecule has 6 heteroatoms. The first kappa shape index (κ1) is 26.8. The zero-order chi connectivity index (χ0) is 31.3. The summed E-state index contributed by atoms with van der Waals surface area (Å²) in [5.74, 6) is 0.870. The number of benzene rings is 5. The number of hydrogen-bond donors (Lipinski definition) is 1. The smallest absolute Gasteiger partial charge is 0.154 e. The fraction of sp³-hybridized carbons (Fsp3) is 0. The Bertz CT molecular complexity index is 2520. The molecule has 5 aromatic carbocycles. The molecule has 0 amide bonds. The molecule has 0 fully saturated rings. The van der Waals surface area contributed by atoms with Gasteiger partial charge in [0.1, 0.15) is 28.4 Å². The number of fused-ring (bicyclic) bond motifs is 4. The number of aromatic hydroxyl groups is 1. The van der Waals surface area contributed by atoms with Gasteiger partial charge in [-0.3, -0.25) is 9.55 Å². The van der Waals surface area contributed by atoms with E-state index >= 15 is 0 Å². The highest BCUT2D eigenvalue weighted by molar-refractivity contribution is 6.06. The number of aromatic nitrogens is 4. The van der Waals surface area contributed by atoms with E-state index in [1.807, 2.05) is 54.9 Å². The highest BCUT2D eigenvalue weighted by Crippen LogP contribution is 2.41. The summed E-state index contributed by atoms with van der Waals surface area (Å²) in [5.41, 5.74) is 9.35. The minimum absolute atomic E-state index is 0.128. The Balaban J connectivity index is 1.37. The first-order chi connectivity index (χ1) is 23.2. The second-order valence-electron chi connectivity index (χ2n) is 11.5. The van der Waals surface area contributed by atoms with Crippen molar-refractivity contribution >= 4 is 32.8 Å². The predicted octanol–water partition coefficient (Wildman–Crippen LogP) is 10.1. The van der Waals surface area contributed by atoms with Crippen LogP contribution in [0.1, 0.15) is 0 Å². The number of nitrogens with zero attached hydrogens (tertiary/aromatic N) is 4. The standard InChI is InChI=1S/C41H26N4O2/c46-35-19-10-20-36-38(35)39-37(47-36)22-21-33(43-39)34-25-45(41(44-34)32-24-42-23-28-15-7-8-16-29(28)32)40-30(26-11-3-1-4-12-26)17-9-18-31(40)27-13-5-2-6-14-27/h1-25,46H. The fourth-order valence-electron chi connectivity index (χ4n) is 6.47. The van der Waals surface area contributed by atoms with Crippen molar-refractivity contribution in [2.45, 2.75) is 0 Å². The van der Waals surface area contributed by atoms with Crippen molar-refractivity contribution < 1.29 is 9.52 Å². The zero-order valence-electron chi connectivity index (χ0n) is 25.1. The molecule has 9 rings (SSSR count). The molecular weight excluding hydrogens is 580 g/mol. The van der Waals surface area contributed by atoms with Crippen molar-refractivity contribution in [1.29, 1.82) is 0 Å². The molecule has 0 radical (unpaired) electrons. The van der Waals surface area contributed by atoms with Crippen molar-refractivity contribution in [3.05, 3.63) is 152 Å². The first-order valence-electron chi connectivity index (χ1n) is 15.4. The molecule has 4 heterocycles. The van der Waals surface area contributed by atoms with Gasteiger partial charge < -0.3 is 9.52 Å². The number of phenolic OH excluding ortho intramolecular Hbond substituents is 1. The van der Waals surface area contributed by atoms with E-state index in [1.165, 1.54) is 0 Å². The normalized spacial score (nSPS) is 11.5. The maximum Gasteiger partial charge on any atom is 0.154 e. The molecule has 0 unspecified atom stereocenters. The minimum Gasteiger partial charge on any atom is -0.507 e. The average Bonchev–Trinajstić information content (AvgIpc) is 3.74. The number of pyridine rings is 2. The predicted molar refractivity (Wildman–Crippen MR) is 187 cm³/mol. The van der Waals surface area contributed by atoms with Crippen LogP contribution in [0.15, 0.2) is 156 Å². The molecule has 0 bridgehead atoms. The van der Waals surface area contributed by atoms with E-state index in [1.54, 1.807) is 12.1 Å². The van der Waals surface area contributed by atoms with Crippen LogP contribution in [0.4, 0.5) is 0 Å². The zero-order valence-corrected chi connectivity index (χ0v) is 25.1. The summed E-state index contributed by atoms with van der Waals surface area (Å²) in [5, 5.41) is 13.4. The van der Waals surface area contributed by atoms with Gasteiger partial charge in [-0.1, -0.05) is 109 Å². The maximum absolute atomic E-state index is 10.7. The van der Waals surface area contributed by atoms with E-state index < -0.39 is 0 Å². The summed E-state index contributed by atoms with van der Waals surface area (Å²) >= 11 is 0. The van der Waals surface area contributed by atoms with Gasteiger partial charge in [0.25, 0.3) is 0 Å². The summed E-state index contributed by atoms with van der Waals surface area (Å²) in [6.07, 6.45) is 5.82. The summed E-state index contributed by atoms with van der Waals surface area (Å²) in [6.45, 7) is 0. The third-order valence-electron chi connectivity index (χ3n) is 8.64. The molecule has 9 aromatic rings. The van der Waals surface area contributed by atoms with Gasteiger partial charge in [-0.25, -0.2) is 9.97 Å². The van der Waals surface area contributed by atoms with Crippen LogP contribution in [0.3, 0.4) is 0 Å². The van der Waals surface area contributed by atoms with E-state index in [4.69, 9.17) is 14.4 Å². The summed E-state index contributed by atoms with van der Waals surface area (Å²) in [4.78, 5) is 15.0. The summed E-state index contributed by atoms with van der Waals surface area (Å²) in [6, 6.07) is 44.6. The van der Waals surface area contributed by atoms with E-state index in [0.29, 0.717) is 33.5 Å². The van der Waals surface area contributed by atoms with Crippen LogP contribution in [-0.2, 0) is 0 Å². The van der Waals surface area contributed by atoms with Gasteiger partial charge in [0, 0.05) is 40.7 Å². The van der Waals surface area contributed by atoms with Crippen LogP contribution in [-0.4, -0.2) is 24.6 Å². The number of phenols is 1. The Morgan fingerprint density at radius 2 is 1.26 bits per heavy atom. The SMILES string of the molecule is Oc1cccc2oc3ccc(-c4cn(-c5c(-c6ccccc6)cccc5-c5ccccc5)c(-c5cncc6ccccc56)n4)nc3c12. The minimum atomic E-state index is 0.128.